The molecule has 26 heavy (non-hydrogen) atoms. The maximum atomic E-state index is 12.3. The van der Waals surface area contributed by atoms with Crippen LogP contribution in [-0.2, 0) is 0 Å². The van der Waals surface area contributed by atoms with Gasteiger partial charge in [0.2, 0.25) is 0 Å². The molecule has 0 aliphatic carbocycles. The molecule has 0 atom stereocenters. The number of rotatable bonds is 4. The molecule has 0 unspecified atom stereocenters. The van der Waals surface area contributed by atoms with Crippen molar-refractivity contribution >= 4 is 44.0 Å². The van der Waals surface area contributed by atoms with Gasteiger partial charge in [-0.3, -0.25) is 4.79 Å². The molecule has 3 aromatic rings. The average molecular weight is 477 g/mol. The van der Waals surface area contributed by atoms with Gasteiger partial charge in [-0.25, -0.2) is 5.43 Å². The number of amides is 1. The Bertz CT molecular complexity index is 959. The summed E-state index contributed by atoms with van der Waals surface area (Å²) in [4.78, 5) is 12.3. The number of benzene rings is 2. The zero-order valence-electron chi connectivity index (χ0n) is 13.8. The first-order chi connectivity index (χ1) is 12.5. The van der Waals surface area contributed by atoms with Crippen LogP contribution in [0.4, 0.5) is 0 Å². The highest BCUT2D eigenvalue weighted by atomic mass is 79.9. The Morgan fingerprint density at radius 3 is 2.42 bits per heavy atom. The van der Waals surface area contributed by atoms with Crippen LogP contribution < -0.4 is 5.43 Å². The molecule has 2 N–H and O–H groups in total. The van der Waals surface area contributed by atoms with Crippen LogP contribution in [0, 0.1) is 6.92 Å². The second-order valence-corrected chi connectivity index (χ2v) is 7.27. The molecule has 1 amide bonds. The van der Waals surface area contributed by atoms with Crippen LogP contribution in [0.15, 0.2) is 68.6 Å². The number of aromatic nitrogens is 1. The van der Waals surface area contributed by atoms with Crippen LogP contribution in [0.5, 0.6) is 5.75 Å². The molecule has 0 spiro atoms. The van der Waals surface area contributed by atoms with Crippen molar-refractivity contribution in [1.82, 2.24) is 9.99 Å². The third-order valence-electron chi connectivity index (χ3n) is 3.76. The van der Waals surface area contributed by atoms with Crippen LogP contribution in [0.25, 0.3) is 5.69 Å². The number of aryl methyl sites for hydroxylation is 1. The minimum Gasteiger partial charge on any atom is -0.506 e. The summed E-state index contributed by atoms with van der Waals surface area (Å²) in [5.74, 6) is -0.335. The van der Waals surface area contributed by atoms with Gasteiger partial charge in [0.05, 0.1) is 20.9 Å². The van der Waals surface area contributed by atoms with Crippen molar-refractivity contribution in [3.8, 4) is 11.4 Å². The predicted molar refractivity (Wildman–Crippen MR) is 109 cm³/mol. The third-order valence-corrected chi connectivity index (χ3v) is 4.97. The number of phenolic OH excluding ortho intramolecular Hbond substituents is 1. The van der Waals surface area contributed by atoms with Gasteiger partial charge in [0, 0.05) is 16.9 Å². The maximum Gasteiger partial charge on any atom is 0.271 e. The van der Waals surface area contributed by atoms with Crippen molar-refractivity contribution in [2.75, 3.05) is 0 Å². The smallest absolute Gasteiger partial charge is 0.271 e. The van der Waals surface area contributed by atoms with E-state index in [1.807, 2.05) is 54.0 Å². The number of carbonyl (C=O) groups excluding carboxylic acids is 1. The minimum atomic E-state index is -0.378. The van der Waals surface area contributed by atoms with E-state index >= 15 is 0 Å². The molecule has 2 aromatic carbocycles. The molecular weight excluding hydrogens is 462 g/mol. The monoisotopic (exact) mass is 475 g/mol. The summed E-state index contributed by atoms with van der Waals surface area (Å²) in [7, 11) is 0. The molecule has 1 heterocycles. The van der Waals surface area contributed by atoms with Crippen LogP contribution >= 0.6 is 31.9 Å². The molecule has 0 saturated heterocycles. The second kappa shape index (κ2) is 7.88. The van der Waals surface area contributed by atoms with Gasteiger partial charge in [0.25, 0.3) is 5.91 Å². The van der Waals surface area contributed by atoms with Gasteiger partial charge >= 0.3 is 0 Å². The Balaban J connectivity index is 1.79. The number of hydrazone groups is 1. The number of hydrogen-bond acceptors (Lipinski definition) is 3. The Morgan fingerprint density at radius 1 is 1.12 bits per heavy atom. The summed E-state index contributed by atoms with van der Waals surface area (Å²) in [5, 5.41) is 13.8. The largest absolute Gasteiger partial charge is 0.506 e. The van der Waals surface area contributed by atoms with Crippen LogP contribution in [0.1, 0.15) is 21.7 Å². The van der Waals surface area contributed by atoms with Crippen LogP contribution in [0.3, 0.4) is 0 Å². The summed E-state index contributed by atoms with van der Waals surface area (Å²) in [6.07, 6.45) is 1.60. The Labute approximate surface area is 167 Å². The lowest BCUT2D eigenvalue weighted by Crippen LogP contribution is -2.18. The van der Waals surface area contributed by atoms with E-state index in [1.54, 1.807) is 6.21 Å². The molecule has 0 radical (unpaired) electrons. The first-order valence-corrected chi connectivity index (χ1v) is 9.31. The van der Waals surface area contributed by atoms with Crippen LogP contribution in [0.2, 0.25) is 0 Å². The van der Waals surface area contributed by atoms with Crippen molar-refractivity contribution in [1.29, 1.82) is 0 Å². The Hall–Kier alpha value is -2.38. The minimum absolute atomic E-state index is 0.0428. The average Bonchev–Trinajstić information content (AvgIpc) is 3.00. The van der Waals surface area contributed by atoms with Gasteiger partial charge in [0.15, 0.2) is 0 Å². The third kappa shape index (κ3) is 3.89. The number of hydrogen-bond donors (Lipinski definition) is 2. The number of nitrogens with zero attached hydrogens (tertiary/aromatic N) is 2. The van der Waals surface area contributed by atoms with Gasteiger partial charge in [-0.15, -0.1) is 0 Å². The lowest BCUT2D eigenvalue weighted by molar-refractivity contribution is 0.0955. The number of para-hydroxylation sites is 1. The maximum absolute atomic E-state index is 12.3. The molecule has 0 aliphatic heterocycles. The fourth-order valence-electron chi connectivity index (χ4n) is 2.51. The van der Waals surface area contributed by atoms with E-state index in [1.165, 1.54) is 12.1 Å². The predicted octanol–water partition coefficient (Wildman–Crippen LogP) is 4.78. The van der Waals surface area contributed by atoms with E-state index < -0.39 is 0 Å². The first kappa shape index (κ1) is 18.4. The zero-order valence-corrected chi connectivity index (χ0v) is 17.0. The Kier molecular flexibility index (Phi) is 5.58. The quantitative estimate of drug-likeness (QED) is 0.420. The first-order valence-electron chi connectivity index (χ1n) is 7.72. The Morgan fingerprint density at radius 2 is 1.77 bits per heavy atom. The van der Waals surface area contributed by atoms with Crippen molar-refractivity contribution in [2.45, 2.75) is 6.92 Å². The molecule has 7 heteroatoms. The number of aromatic hydroxyl groups is 1. The van der Waals surface area contributed by atoms with E-state index in [0.717, 1.165) is 17.1 Å². The molecule has 0 fully saturated rings. The van der Waals surface area contributed by atoms with E-state index in [2.05, 4.69) is 42.4 Å². The second-order valence-electron chi connectivity index (χ2n) is 5.56. The van der Waals surface area contributed by atoms with Crippen LogP contribution in [-0.4, -0.2) is 21.8 Å². The molecule has 3 rings (SSSR count). The SMILES string of the molecule is Cc1ccc(/C=N/NC(=O)c2cc(Br)c(O)c(Br)c2)n1-c1ccccc1. The normalized spacial score (nSPS) is 11.0. The summed E-state index contributed by atoms with van der Waals surface area (Å²) < 4.78 is 2.90. The van der Waals surface area contributed by atoms with E-state index in [0.29, 0.717) is 14.5 Å². The van der Waals surface area contributed by atoms with Gasteiger partial charge in [-0.1, -0.05) is 18.2 Å². The molecule has 132 valence electrons. The zero-order chi connectivity index (χ0) is 18.7. The summed E-state index contributed by atoms with van der Waals surface area (Å²) >= 11 is 6.41. The topological polar surface area (TPSA) is 66.6 Å². The summed E-state index contributed by atoms with van der Waals surface area (Å²) in [5.41, 5.74) is 5.81. The molecule has 5 nitrogen and oxygen atoms in total. The van der Waals surface area contributed by atoms with Crippen molar-refractivity contribution < 1.29 is 9.90 Å². The highest BCUT2D eigenvalue weighted by molar-refractivity contribution is 9.11. The summed E-state index contributed by atoms with van der Waals surface area (Å²) in [6, 6.07) is 16.9. The standard InChI is InChI=1S/C19H15Br2N3O2/c1-12-7-8-15(24(12)14-5-3-2-4-6-14)11-22-23-19(26)13-9-16(20)18(25)17(21)10-13/h2-11,25H,1H3,(H,23,26)/b22-11+. The van der Waals surface area contributed by atoms with E-state index in [4.69, 9.17) is 0 Å². The van der Waals surface area contributed by atoms with Gasteiger partial charge in [-0.2, -0.15) is 5.10 Å². The highest BCUT2D eigenvalue weighted by Crippen LogP contribution is 2.33. The summed E-state index contributed by atoms with van der Waals surface area (Å²) in [6.45, 7) is 2.01. The lowest BCUT2D eigenvalue weighted by Gasteiger charge is -2.09. The van der Waals surface area contributed by atoms with E-state index in [-0.39, 0.29) is 11.7 Å². The number of carbonyl (C=O) groups is 1. The fraction of sp³-hybridized carbons (Fsp3) is 0.0526. The van der Waals surface area contributed by atoms with Crippen molar-refractivity contribution in [2.24, 2.45) is 5.10 Å². The molecule has 0 bridgehead atoms. The van der Waals surface area contributed by atoms with Crippen molar-refractivity contribution in [3.63, 3.8) is 0 Å². The highest BCUT2D eigenvalue weighted by Gasteiger charge is 2.11. The molecule has 0 aliphatic rings. The fourth-order valence-corrected chi connectivity index (χ4v) is 3.69. The molecule has 1 aromatic heterocycles. The van der Waals surface area contributed by atoms with Gasteiger partial charge in [0.1, 0.15) is 5.75 Å². The number of phenols is 1. The number of nitrogens with one attached hydrogen (secondary N) is 1. The van der Waals surface area contributed by atoms with E-state index in [9.17, 15) is 9.90 Å². The van der Waals surface area contributed by atoms with Crippen molar-refractivity contribution in [3.05, 3.63) is 80.5 Å². The van der Waals surface area contributed by atoms with Gasteiger partial charge in [-0.05, 0) is 75.2 Å². The molecule has 0 saturated carbocycles. The number of halogens is 2. The lowest BCUT2D eigenvalue weighted by atomic mass is 10.2. The van der Waals surface area contributed by atoms with Gasteiger partial charge < -0.3 is 9.67 Å². The molecular formula is C19H15Br2N3O2.